The van der Waals surface area contributed by atoms with Crippen molar-refractivity contribution in [1.29, 1.82) is 0 Å². The number of nitrogens with one attached hydrogen (secondary N) is 1. The summed E-state index contributed by atoms with van der Waals surface area (Å²) in [6, 6.07) is 5.98. The topological polar surface area (TPSA) is 55.4 Å². The molecule has 114 valence electrons. The van der Waals surface area contributed by atoms with Crippen molar-refractivity contribution in [1.82, 2.24) is 0 Å². The Morgan fingerprint density at radius 3 is 2.76 bits per heavy atom. The largest absolute Gasteiger partial charge is 0.456 e. The second-order valence-electron chi connectivity index (χ2n) is 5.98. The summed E-state index contributed by atoms with van der Waals surface area (Å²) in [5.41, 5.74) is 3.45. The fraction of sp³-hybridized carbons (Fsp3) is 0.529. The first-order chi connectivity index (χ1) is 10.0. The van der Waals surface area contributed by atoms with Crippen LogP contribution in [0, 0.1) is 5.92 Å². The van der Waals surface area contributed by atoms with Gasteiger partial charge >= 0.3 is 5.97 Å². The van der Waals surface area contributed by atoms with Gasteiger partial charge in [0, 0.05) is 12.1 Å². The predicted molar refractivity (Wildman–Crippen MR) is 82.1 cm³/mol. The van der Waals surface area contributed by atoms with Crippen LogP contribution < -0.4 is 5.32 Å². The molecule has 4 heteroatoms. The highest BCUT2D eigenvalue weighted by Crippen LogP contribution is 2.24. The Kier molecular flexibility index (Phi) is 5.37. The molecule has 0 saturated heterocycles. The summed E-state index contributed by atoms with van der Waals surface area (Å²) in [5.74, 6) is -0.142. The lowest BCUT2D eigenvalue weighted by molar-refractivity contribution is -0.147. The lowest BCUT2D eigenvalue weighted by Gasteiger charge is -2.09. The van der Waals surface area contributed by atoms with E-state index < -0.39 is 0 Å². The zero-order chi connectivity index (χ0) is 15.2. The molecule has 1 aromatic carbocycles. The van der Waals surface area contributed by atoms with Gasteiger partial charge in [0.25, 0.3) is 5.91 Å². The minimum atomic E-state index is -0.312. The molecule has 4 nitrogen and oxygen atoms in total. The van der Waals surface area contributed by atoms with E-state index in [9.17, 15) is 9.59 Å². The first-order valence-corrected chi connectivity index (χ1v) is 7.62. The third-order valence-electron chi connectivity index (χ3n) is 3.67. The van der Waals surface area contributed by atoms with Gasteiger partial charge in [-0.15, -0.1) is 0 Å². The van der Waals surface area contributed by atoms with Crippen LogP contribution in [0.1, 0.15) is 44.2 Å². The molecule has 0 atom stereocenters. The molecule has 21 heavy (non-hydrogen) atoms. The molecule has 0 aromatic heterocycles. The zero-order valence-electron chi connectivity index (χ0n) is 12.8. The van der Waals surface area contributed by atoms with Crippen LogP contribution in [0.2, 0.25) is 0 Å². The number of amides is 1. The Labute approximate surface area is 125 Å². The Bertz CT molecular complexity index is 523. The second-order valence-corrected chi connectivity index (χ2v) is 5.98. The summed E-state index contributed by atoms with van der Waals surface area (Å²) >= 11 is 0. The van der Waals surface area contributed by atoms with Crippen LogP contribution in [0.15, 0.2) is 18.2 Å². The number of carbonyl (C=O) groups excluding carboxylic acids is 2. The number of aryl methyl sites for hydroxylation is 2. The van der Waals surface area contributed by atoms with Crippen LogP contribution in [0.3, 0.4) is 0 Å². The Balaban J connectivity index is 1.75. The number of hydrogen-bond acceptors (Lipinski definition) is 3. The number of anilines is 1. The molecule has 1 amide bonds. The zero-order valence-corrected chi connectivity index (χ0v) is 12.8. The highest BCUT2D eigenvalue weighted by Gasteiger charge is 2.13. The number of carbonyl (C=O) groups is 2. The van der Waals surface area contributed by atoms with Crippen LogP contribution in [-0.2, 0) is 27.2 Å². The normalized spacial score (nSPS) is 13.1. The first kappa shape index (κ1) is 15.5. The lowest BCUT2D eigenvalue weighted by atomic mass is 10.1. The van der Waals surface area contributed by atoms with Crippen molar-refractivity contribution < 1.29 is 14.3 Å². The Morgan fingerprint density at radius 2 is 2.00 bits per heavy atom. The van der Waals surface area contributed by atoms with Crippen LogP contribution in [0.5, 0.6) is 0 Å². The van der Waals surface area contributed by atoms with Crippen molar-refractivity contribution in [2.75, 3.05) is 11.9 Å². The van der Waals surface area contributed by atoms with E-state index in [0.717, 1.165) is 24.9 Å². The van der Waals surface area contributed by atoms with Gasteiger partial charge in [-0.05, 0) is 54.9 Å². The van der Waals surface area contributed by atoms with Crippen molar-refractivity contribution in [2.24, 2.45) is 5.92 Å². The second kappa shape index (κ2) is 7.25. The third-order valence-corrected chi connectivity index (χ3v) is 3.67. The third kappa shape index (κ3) is 4.88. The van der Waals surface area contributed by atoms with Crippen LogP contribution in [0.25, 0.3) is 0 Å². The monoisotopic (exact) mass is 289 g/mol. The van der Waals surface area contributed by atoms with E-state index in [0.29, 0.717) is 12.3 Å². The number of fused-ring (bicyclic) bond motifs is 1. The van der Waals surface area contributed by atoms with Gasteiger partial charge in [-0.3, -0.25) is 9.59 Å². The standard InChI is InChI=1S/C17H23NO3/c1-12(2)6-9-17(20)21-11-16(19)18-15-8-7-13-4-3-5-14(13)10-15/h7-8,10,12H,3-6,9,11H2,1-2H3,(H,18,19). The SMILES string of the molecule is CC(C)CCC(=O)OCC(=O)Nc1ccc2c(c1)CCC2. The van der Waals surface area contributed by atoms with Crippen molar-refractivity contribution in [3.8, 4) is 0 Å². The summed E-state index contributed by atoms with van der Waals surface area (Å²) in [6.45, 7) is 3.88. The molecule has 0 heterocycles. The van der Waals surface area contributed by atoms with E-state index in [1.54, 1.807) is 0 Å². The summed E-state index contributed by atoms with van der Waals surface area (Å²) in [5, 5.41) is 2.78. The average molecular weight is 289 g/mol. The smallest absolute Gasteiger partial charge is 0.306 e. The highest BCUT2D eigenvalue weighted by molar-refractivity contribution is 5.92. The van der Waals surface area contributed by atoms with Gasteiger partial charge < -0.3 is 10.1 Å². The van der Waals surface area contributed by atoms with Crippen molar-refractivity contribution in [3.63, 3.8) is 0 Å². The molecule has 1 aliphatic carbocycles. The molecule has 1 N–H and O–H groups in total. The van der Waals surface area contributed by atoms with E-state index in [2.05, 4.69) is 11.4 Å². The van der Waals surface area contributed by atoms with E-state index in [-0.39, 0.29) is 18.5 Å². The predicted octanol–water partition coefficient (Wildman–Crippen LogP) is 3.09. The van der Waals surface area contributed by atoms with Crippen molar-refractivity contribution in [3.05, 3.63) is 29.3 Å². The van der Waals surface area contributed by atoms with Crippen LogP contribution >= 0.6 is 0 Å². The molecule has 0 unspecified atom stereocenters. The summed E-state index contributed by atoms with van der Waals surface area (Å²) in [4.78, 5) is 23.2. The van der Waals surface area contributed by atoms with E-state index in [1.165, 1.54) is 17.5 Å². The molecular weight excluding hydrogens is 266 g/mol. The maximum Gasteiger partial charge on any atom is 0.306 e. The van der Waals surface area contributed by atoms with Gasteiger partial charge in [0.2, 0.25) is 0 Å². The molecule has 0 fully saturated rings. The van der Waals surface area contributed by atoms with Crippen molar-refractivity contribution in [2.45, 2.75) is 46.0 Å². The summed E-state index contributed by atoms with van der Waals surface area (Å²) < 4.78 is 4.97. The molecule has 1 aromatic rings. The number of rotatable bonds is 6. The highest BCUT2D eigenvalue weighted by atomic mass is 16.5. The molecule has 0 aliphatic heterocycles. The Morgan fingerprint density at radius 1 is 1.24 bits per heavy atom. The van der Waals surface area contributed by atoms with E-state index in [1.807, 2.05) is 26.0 Å². The minimum Gasteiger partial charge on any atom is -0.456 e. The summed E-state index contributed by atoms with van der Waals surface area (Å²) in [6.07, 6.45) is 4.52. The summed E-state index contributed by atoms with van der Waals surface area (Å²) in [7, 11) is 0. The van der Waals surface area contributed by atoms with Gasteiger partial charge in [0.1, 0.15) is 0 Å². The van der Waals surface area contributed by atoms with Gasteiger partial charge in [-0.1, -0.05) is 19.9 Å². The minimum absolute atomic E-state index is 0.214. The van der Waals surface area contributed by atoms with Gasteiger partial charge in [-0.2, -0.15) is 0 Å². The van der Waals surface area contributed by atoms with Gasteiger partial charge in [-0.25, -0.2) is 0 Å². The number of hydrogen-bond donors (Lipinski definition) is 1. The molecular formula is C17H23NO3. The van der Waals surface area contributed by atoms with E-state index in [4.69, 9.17) is 4.74 Å². The molecule has 0 saturated carbocycles. The number of esters is 1. The fourth-order valence-corrected chi connectivity index (χ4v) is 2.47. The Hall–Kier alpha value is -1.84. The molecule has 0 radical (unpaired) electrons. The first-order valence-electron chi connectivity index (χ1n) is 7.62. The van der Waals surface area contributed by atoms with Crippen LogP contribution in [-0.4, -0.2) is 18.5 Å². The van der Waals surface area contributed by atoms with E-state index >= 15 is 0 Å². The quantitative estimate of drug-likeness (QED) is 0.819. The molecule has 2 rings (SSSR count). The van der Waals surface area contributed by atoms with Gasteiger partial charge in [0.15, 0.2) is 6.61 Å². The fourth-order valence-electron chi connectivity index (χ4n) is 2.47. The lowest BCUT2D eigenvalue weighted by Crippen LogP contribution is -2.21. The van der Waals surface area contributed by atoms with Crippen LogP contribution in [0.4, 0.5) is 5.69 Å². The molecule has 1 aliphatic rings. The van der Waals surface area contributed by atoms with Gasteiger partial charge in [0.05, 0.1) is 0 Å². The number of ether oxygens (including phenoxy) is 1. The maximum absolute atomic E-state index is 11.8. The maximum atomic E-state index is 11.8. The van der Waals surface area contributed by atoms with Crippen molar-refractivity contribution >= 4 is 17.6 Å². The molecule has 0 spiro atoms. The number of benzene rings is 1. The molecule has 0 bridgehead atoms. The average Bonchev–Trinajstić information content (AvgIpc) is 2.90.